The molecule has 1 aromatic heterocycles. The molecule has 6 nitrogen and oxygen atoms in total. The largest absolute Gasteiger partial charge is 0.393 e. The number of ketones is 1. The van der Waals surface area contributed by atoms with Crippen LogP contribution in [0.4, 0.5) is 0 Å². The molecule has 0 aromatic carbocycles. The molecule has 2 rings (SSSR count). The van der Waals surface area contributed by atoms with Gasteiger partial charge in [-0.05, 0) is 45.4 Å². The first-order chi connectivity index (χ1) is 10.9. The van der Waals surface area contributed by atoms with Crippen molar-refractivity contribution in [2.45, 2.75) is 58.5 Å². The fraction of sp³-hybridized carbons (Fsp3) is 0.706. The number of aromatic nitrogens is 2. The van der Waals surface area contributed by atoms with Crippen LogP contribution >= 0.6 is 0 Å². The molecule has 1 fully saturated rings. The van der Waals surface area contributed by atoms with Crippen LogP contribution in [0.1, 0.15) is 60.3 Å². The molecule has 128 valence electrons. The molecule has 2 N–H and O–H groups in total. The van der Waals surface area contributed by atoms with E-state index < -0.39 is 11.7 Å². The minimum atomic E-state index is -0.576. The third-order valence-electron chi connectivity index (χ3n) is 4.85. The number of carbonyl (C=O) groups excluding carboxylic acids is 2. The Labute approximate surface area is 137 Å². The first-order valence-electron chi connectivity index (χ1n) is 8.42. The maximum Gasteiger partial charge on any atom is 0.292 e. The predicted octanol–water partition coefficient (Wildman–Crippen LogP) is 1.67. The maximum absolute atomic E-state index is 12.2. The Bertz CT molecular complexity index is 580. The Hall–Kier alpha value is -1.69. The van der Waals surface area contributed by atoms with E-state index in [0.29, 0.717) is 29.4 Å². The molecule has 1 amide bonds. The number of nitrogens with zero attached hydrogens (tertiary/aromatic N) is 2. The average Bonchev–Trinajstić information content (AvgIpc) is 2.77. The van der Waals surface area contributed by atoms with Gasteiger partial charge in [0.1, 0.15) is 0 Å². The molecule has 1 aliphatic rings. The number of aryl methyl sites for hydroxylation is 2. The van der Waals surface area contributed by atoms with E-state index in [1.807, 2.05) is 0 Å². The van der Waals surface area contributed by atoms with Gasteiger partial charge in [-0.25, -0.2) is 0 Å². The number of nitrogens with one attached hydrogen (secondary N) is 1. The van der Waals surface area contributed by atoms with E-state index in [0.717, 1.165) is 32.1 Å². The summed E-state index contributed by atoms with van der Waals surface area (Å²) >= 11 is 0. The number of aliphatic hydroxyl groups excluding tert-OH is 1. The zero-order chi connectivity index (χ0) is 17.0. The standard InChI is InChI=1S/C17H27N3O3/c1-11-15(12(2)20(3)19-11)16(22)17(23)18-10-6-8-13-7-4-5-9-14(13)21/h13-14,21H,4-10H2,1-3H3,(H,18,23). The lowest BCUT2D eigenvalue weighted by molar-refractivity contribution is -0.117. The molecule has 1 aliphatic carbocycles. The molecule has 0 bridgehead atoms. The number of hydrogen-bond acceptors (Lipinski definition) is 4. The molecule has 0 spiro atoms. The number of hydrogen-bond donors (Lipinski definition) is 2. The van der Waals surface area contributed by atoms with Crippen LogP contribution in [-0.2, 0) is 11.8 Å². The Balaban J connectivity index is 1.79. The summed E-state index contributed by atoms with van der Waals surface area (Å²) in [5.74, 6) is -0.765. The van der Waals surface area contributed by atoms with E-state index in [9.17, 15) is 14.7 Å². The van der Waals surface area contributed by atoms with E-state index in [-0.39, 0.29) is 6.10 Å². The van der Waals surface area contributed by atoms with Crippen molar-refractivity contribution in [2.75, 3.05) is 6.54 Å². The number of Topliss-reactive ketones (excluding diaryl/α,β-unsaturated/α-hetero) is 1. The van der Waals surface area contributed by atoms with Gasteiger partial charge in [-0.3, -0.25) is 14.3 Å². The van der Waals surface area contributed by atoms with E-state index >= 15 is 0 Å². The molecule has 0 aliphatic heterocycles. The number of rotatable bonds is 6. The summed E-state index contributed by atoms with van der Waals surface area (Å²) in [5, 5.41) is 16.8. The maximum atomic E-state index is 12.2. The summed E-state index contributed by atoms with van der Waals surface area (Å²) in [6, 6.07) is 0. The minimum absolute atomic E-state index is 0.207. The number of carbonyl (C=O) groups is 2. The van der Waals surface area contributed by atoms with Gasteiger partial charge < -0.3 is 10.4 Å². The molecule has 23 heavy (non-hydrogen) atoms. The summed E-state index contributed by atoms with van der Waals surface area (Å²) in [7, 11) is 1.76. The lowest BCUT2D eigenvalue weighted by Crippen LogP contribution is -2.33. The van der Waals surface area contributed by atoms with Gasteiger partial charge in [-0.1, -0.05) is 12.8 Å². The van der Waals surface area contributed by atoms with Crippen molar-refractivity contribution in [3.05, 3.63) is 17.0 Å². The topological polar surface area (TPSA) is 84.2 Å². The van der Waals surface area contributed by atoms with Crippen molar-refractivity contribution in [1.82, 2.24) is 15.1 Å². The fourth-order valence-corrected chi connectivity index (χ4v) is 3.39. The van der Waals surface area contributed by atoms with Crippen molar-refractivity contribution in [2.24, 2.45) is 13.0 Å². The minimum Gasteiger partial charge on any atom is -0.393 e. The van der Waals surface area contributed by atoms with Crippen LogP contribution < -0.4 is 5.32 Å². The van der Waals surface area contributed by atoms with Gasteiger partial charge in [-0.2, -0.15) is 5.10 Å². The molecule has 1 aromatic rings. The zero-order valence-electron chi connectivity index (χ0n) is 14.3. The van der Waals surface area contributed by atoms with Crippen LogP contribution in [0.3, 0.4) is 0 Å². The molecule has 6 heteroatoms. The second kappa shape index (κ2) is 7.73. The van der Waals surface area contributed by atoms with Crippen molar-refractivity contribution in [3.8, 4) is 0 Å². The lowest BCUT2D eigenvalue weighted by atomic mass is 9.83. The van der Waals surface area contributed by atoms with Crippen molar-refractivity contribution in [1.29, 1.82) is 0 Å². The SMILES string of the molecule is Cc1nn(C)c(C)c1C(=O)C(=O)NCCCC1CCCCC1O. The lowest BCUT2D eigenvalue weighted by Gasteiger charge is -2.27. The molecule has 0 radical (unpaired) electrons. The fourth-order valence-electron chi connectivity index (χ4n) is 3.39. The highest BCUT2D eigenvalue weighted by Gasteiger charge is 2.24. The molecular formula is C17H27N3O3. The summed E-state index contributed by atoms with van der Waals surface area (Å²) in [4.78, 5) is 24.3. The van der Waals surface area contributed by atoms with E-state index in [4.69, 9.17) is 0 Å². The quantitative estimate of drug-likeness (QED) is 0.474. The molecule has 2 atom stereocenters. The first-order valence-corrected chi connectivity index (χ1v) is 8.42. The molecule has 2 unspecified atom stereocenters. The molecule has 1 heterocycles. The third kappa shape index (κ3) is 4.19. The van der Waals surface area contributed by atoms with Gasteiger partial charge in [0.2, 0.25) is 0 Å². The second-order valence-corrected chi connectivity index (χ2v) is 6.51. The molecule has 0 saturated heterocycles. The number of aliphatic hydroxyl groups is 1. The highest BCUT2D eigenvalue weighted by atomic mass is 16.3. The van der Waals surface area contributed by atoms with Crippen molar-refractivity contribution in [3.63, 3.8) is 0 Å². The van der Waals surface area contributed by atoms with Crippen LogP contribution in [0.5, 0.6) is 0 Å². The van der Waals surface area contributed by atoms with E-state index in [1.54, 1.807) is 25.6 Å². The highest BCUT2D eigenvalue weighted by molar-refractivity contribution is 6.43. The summed E-state index contributed by atoms with van der Waals surface area (Å²) in [6.45, 7) is 3.98. The Kier molecular flexibility index (Phi) is 5.93. The van der Waals surface area contributed by atoms with Gasteiger partial charge in [0.25, 0.3) is 11.7 Å². The van der Waals surface area contributed by atoms with Gasteiger partial charge in [0, 0.05) is 19.3 Å². The zero-order valence-corrected chi connectivity index (χ0v) is 14.3. The Morgan fingerprint density at radius 1 is 1.30 bits per heavy atom. The van der Waals surface area contributed by atoms with Crippen LogP contribution in [0, 0.1) is 19.8 Å². The second-order valence-electron chi connectivity index (χ2n) is 6.51. The van der Waals surface area contributed by atoms with Gasteiger partial charge >= 0.3 is 0 Å². The third-order valence-corrected chi connectivity index (χ3v) is 4.85. The van der Waals surface area contributed by atoms with Crippen LogP contribution in [-0.4, -0.2) is 39.2 Å². The predicted molar refractivity (Wildman–Crippen MR) is 87.2 cm³/mol. The Morgan fingerprint density at radius 2 is 2.00 bits per heavy atom. The monoisotopic (exact) mass is 321 g/mol. The Morgan fingerprint density at radius 3 is 2.61 bits per heavy atom. The molecule has 1 saturated carbocycles. The summed E-state index contributed by atoms with van der Waals surface area (Å²) in [5.41, 5.74) is 1.68. The number of amides is 1. The first kappa shape index (κ1) is 17.7. The average molecular weight is 321 g/mol. The van der Waals surface area contributed by atoms with Crippen LogP contribution in [0.15, 0.2) is 0 Å². The normalized spacial score (nSPS) is 21.2. The summed E-state index contributed by atoms with van der Waals surface area (Å²) in [6.07, 6.45) is 5.68. The van der Waals surface area contributed by atoms with Crippen LogP contribution in [0.25, 0.3) is 0 Å². The summed E-state index contributed by atoms with van der Waals surface area (Å²) < 4.78 is 1.61. The van der Waals surface area contributed by atoms with Crippen molar-refractivity contribution < 1.29 is 14.7 Å². The van der Waals surface area contributed by atoms with Crippen LogP contribution in [0.2, 0.25) is 0 Å². The smallest absolute Gasteiger partial charge is 0.292 e. The van der Waals surface area contributed by atoms with Gasteiger partial charge in [-0.15, -0.1) is 0 Å². The van der Waals surface area contributed by atoms with E-state index in [2.05, 4.69) is 10.4 Å². The molecular weight excluding hydrogens is 294 g/mol. The highest BCUT2D eigenvalue weighted by Crippen LogP contribution is 2.27. The van der Waals surface area contributed by atoms with Gasteiger partial charge in [0.15, 0.2) is 0 Å². The van der Waals surface area contributed by atoms with E-state index in [1.165, 1.54) is 6.42 Å². The van der Waals surface area contributed by atoms with Crippen molar-refractivity contribution >= 4 is 11.7 Å². The van der Waals surface area contributed by atoms with Gasteiger partial charge in [0.05, 0.1) is 17.4 Å².